The fourth-order valence-electron chi connectivity index (χ4n) is 1.82. The number of carbonyl (C=O) groups is 1. The van der Waals surface area contributed by atoms with Gasteiger partial charge in [-0.2, -0.15) is 0 Å². The van der Waals surface area contributed by atoms with E-state index >= 15 is 0 Å². The Morgan fingerprint density at radius 3 is 2.48 bits per heavy atom. The Hall–Kier alpha value is -1.55. The zero-order valence-corrected chi connectivity index (χ0v) is 13.9. The van der Waals surface area contributed by atoms with Gasteiger partial charge in [0.25, 0.3) is 5.91 Å². The van der Waals surface area contributed by atoms with Gasteiger partial charge in [0.15, 0.2) is 6.10 Å². The number of hydrogen-bond acceptors (Lipinski definition) is 3. The van der Waals surface area contributed by atoms with Crippen LogP contribution in [0, 0.1) is 6.92 Å². The molecule has 1 amide bonds. The summed E-state index contributed by atoms with van der Waals surface area (Å²) in [5.41, 5.74) is 1.53. The van der Waals surface area contributed by atoms with Crippen LogP contribution in [0.4, 0.5) is 0 Å². The van der Waals surface area contributed by atoms with Crippen LogP contribution in [0.2, 0.25) is 0 Å². The number of carbonyl (C=O) groups excluding carboxylic acids is 1. The van der Waals surface area contributed by atoms with Crippen LogP contribution in [0.3, 0.4) is 0 Å². The molecular formula is C17H27NO3. The molecule has 1 unspecified atom stereocenters. The number of aryl methyl sites for hydroxylation is 1. The molecule has 0 saturated carbocycles. The van der Waals surface area contributed by atoms with Crippen LogP contribution < -0.4 is 10.1 Å². The third kappa shape index (κ3) is 5.05. The van der Waals surface area contributed by atoms with Gasteiger partial charge in [-0.15, -0.1) is 0 Å². The summed E-state index contributed by atoms with van der Waals surface area (Å²) in [4.78, 5) is 12.1. The van der Waals surface area contributed by atoms with Crippen molar-refractivity contribution in [3.05, 3.63) is 29.3 Å². The highest BCUT2D eigenvalue weighted by Gasteiger charge is 2.24. The molecule has 0 aromatic heterocycles. The molecular weight excluding hydrogens is 266 g/mol. The van der Waals surface area contributed by atoms with Crippen LogP contribution in [0.5, 0.6) is 5.75 Å². The molecule has 0 spiro atoms. The molecule has 0 saturated heterocycles. The molecule has 1 aromatic rings. The van der Waals surface area contributed by atoms with Crippen LogP contribution in [0.15, 0.2) is 18.2 Å². The number of amides is 1. The smallest absolute Gasteiger partial charge is 0.261 e. The molecule has 0 bridgehead atoms. The van der Waals surface area contributed by atoms with E-state index < -0.39 is 11.6 Å². The summed E-state index contributed by atoms with van der Waals surface area (Å²) >= 11 is 0. The predicted molar refractivity (Wildman–Crippen MR) is 84.7 cm³/mol. The molecule has 0 aliphatic carbocycles. The van der Waals surface area contributed by atoms with E-state index in [1.807, 2.05) is 19.1 Å². The summed E-state index contributed by atoms with van der Waals surface area (Å²) in [7, 11) is 0. The maximum Gasteiger partial charge on any atom is 0.261 e. The van der Waals surface area contributed by atoms with Gasteiger partial charge in [-0.1, -0.05) is 26.0 Å². The lowest BCUT2D eigenvalue weighted by Gasteiger charge is -2.26. The zero-order chi connectivity index (χ0) is 16.2. The number of aliphatic hydroxyl groups is 1. The molecule has 2 N–H and O–H groups in total. The maximum atomic E-state index is 12.1. The molecule has 0 aliphatic rings. The van der Waals surface area contributed by atoms with Crippen LogP contribution in [-0.4, -0.2) is 29.3 Å². The van der Waals surface area contributed by atoms with E-state index in [-0.39, 0.29) is 12.5 Å². The third-order valence-corrected chi connectivity index (χ3v) is 3.41. The van der Waals surface area contributed by atoms with Crippen molar-refractivity contribution in [1.82, 2.24) is 5.32 Å². The summed E-state index contributed by atoms with van der Waals surface area (Å²) in [5, 5.41) is 12.0. The largest absolute Gasteiger partial charge is 0.481 e. The minimum atomic E-state index is -0.649. The van der Waals surface area contributed by atoms with E-state index in [1.54, 1.807) is 20.8 Å². The molecule has 4 heteroatoms. The Labute approximate surface area is 127 Å². The van der Waals surface area contributed by atoms with Gasteiger partial charge in [-0.25, -0.2) is 0 Å². The molecule has 0 aliphatic heterocycles. The molecule has 1 aromatic carbocycles. The van der Waals surface area contributed by atoms with E-state index in [9.17, 15) is 9.90 Å². The summed E-state index contributed by atoms with van der Waals surface area (Å²) in [6, 6.07) is 6.07. The second kappa shape index (κ2) is 6.94. The summed E-state index contributed by atoms with van der Waals surface area (Å²) < 4.78 is 5.79. The fourth-order valence-corrected chi connectivity index (χ4v) is 1.82. The van der Waals surface area contributed by atoms with E-state index in [0.29, 0.717) is 5.92 Å². The number of benzene rings is 1. The third-order valence-electron chi connectivity index (χ3n) is 3.41. The van der Waals surface area contributed by atoms with Crippen molar-refractivity contribution in [3.63, 3.8) is 0 Å². The maximum absolute atomic E-state index is 12.1. The predicted octanol–water partition coefficient (Wildman–Crippen LogP) is 2.77. The standard InChI is InChI=1S/C17H27NO3/c1-11(2)14-8-7-12(3)15(9-14)21-13(4)16(20)18-17(5,6)10-19/h7-9,11,13,19H,10H2,1-6H3,(H,18,20). The van der Waals surface area contributed by atoms with Crippen LogP contribution in [0.25, 0.3) is 0 Å². The highest BCUT2D eigenvalue weighted by atomic mass is 16.5. The average molecular weight is 293 g/mol. The first-order valence-corrected chi connectivity index (χ1v) is 7.36. The zero-order valence-electron chi connectivity index (χ0n) is 13.9. The Bertz CT molecular complexity index is 495. The van der Waals surface area contributed by atoms with E-state index in [0.717, 1.165) is 11.3 Å². The van der Waals surface area contributed by atoms with Gasteiger partial charge in [0, 0.05) is 0 Å². The lowest BCUT2D eigenvalue weighted by molar-refractivity contribution is -0.129. The normalized spacial score (nSPS) is 13.1. The van der Waals surface area contributed by atoms with Crippen molar-refractivity contribution in [2.24, 2.45) is 0 Å². The molecule has 4 nitrogen and oxygen atoms in total. The molecule has 1 rings (SSSR count). The van der Waals surface area contributed by atoms with Gasteiger partial charge < -0.3 is 15.2 Å². The van der Waals surface area contributed by atoms with Crippen LogP contribution in [0.1, 0.15) is 51.7 Å². The average Bonchev–Trinajstić information content (AvgIpc) is 2.40. The molecule has 1 atom stereocenters. The van der Waals surface area contributed by atoms with Crippen molar-refractivity contribution in [1.29, 1.82) is 0 Å². The van der Waals surface area contributed by atoms with E-state index in [4.69, 9.17) is 4.74 Å². The number of hydrogen-bond donors (Lipinski definition) is 2. The van der Waals surface area contributed by atoms with Crippen LogP contribution >= 0.6 is 0 Å². The first-order chi connectivity index (χ1) is 9.66. The Balaban J connectivity index is 2.81. The second-order valence-electron chi connectivity index (χ2n) is 6.47. The molecule has 21 heavy (non-hydrogen) atoms. The lowest BCUT2D eigenvalue weighted by atomic mass is 10.0. The lowest BCUT2D eigenvalue weighted by Crippen LogP contribution is -2.50. The number of rotatable bonds is 6. The Morgan fingerprint density at radius 1 is 1.33 bits per heavy atom. The van der Waals surface area contributed by atoms with Crippen molar-refractivity contribution in [2.75, 3.05) is 6.61 Å². The Kier molecular flexibility index (Phi) is 5.78. The van der Waals surface area contributed by atoms with Gasteiger partial charge in [0.05, 0.1) is 12.1 Å². The molecule has 0 radical (unpaired) electrons. The number of nitrogens with one attached hydrogen (secondary N) is 1. The summed E-state index contributed by atoms with van der Waals surface area (Å²) in [6.07, 6.45) is -0.614. The quantitative estimate of drug-likeness (QED) is 0.848. The monoisotopic (exact) mass is 293 g/mol. The summed E-state index contributed by atoms with van der Waals surface area (Å²) in [5.74, 6) is 0.902. The number of aliphatic hydroxyl groups excluding tert-OH is 1. The molecule has 118 valence electrons. The topological polar surface area (TPSA) is 58.6 Å². The first kappa shape index (κ1) is 17.5. The summed E-state index contributed by atoms with van der Waals surface area (Å²) in [6.45, 7) is 11.3. The minimum absolute atomic E-state index is 0.118. The van der Waals surface area contributed by atoms with E-state index in [2.05, 4.69) is 25.2 Å². The first-order valence-electron chi connectivity index (χ1n) is 7.36. The van der Waals surface area contributed by atoms with Gasteiger partial charge in [0.1, 0.15) is 5.75 Å². The van der Waals surface area contributed by atoms with Crippen molar-refractivity contribution >= 4 is 5.91 Å². The van der Waals surface area contributed by atoms with Gasteiger partial charge in [0.2, 0.25) is 0 Å². The Morgan fingerprint density at radius 2 is 1.95 bits per heavy atom. The van der Waals surface area contributed by atoms with Crippen LogP contribution in [-0.2, 0) is 4.79 Å². The minimum Gasteiger partial charge on any atom is -0.481 e. The van der Waals surface area contributed by atoms with Gasteiger partial charge in [-0.3, -0.25) is 4.79 Å². The molecule has 0 heterocycles. The van der Waals surface area contributed by atoms with Gasteiger partial charge in [-0.05, 0) is 50.8 Å². The fraction of sp³-hybridized carbons (Fsp3) is 0.588. The van der Waals surface area contributed by atoms with Gasteiger partial charge >= 0.3 is 0 Å². The second-order valence-corrected chi connectivity index (χ2v) is 6.47. The number of ether oxygens (including phenoxy) is 1. The van der Waals surface area contributed by atoms with Crippen molar-refractivity contribution in [2.45, 2.75) is 59.1 Å². The van der Waals surface area contributed by atoms with Crippen molar-refractivity contribution in [3.8, 4) is 5.75 Å². The SMILES string of the molecule is Cc1ccc(C(C)C)cc1OC(C)C(=O)NC(C)(C)CO. The highest BCUT2D eigenvalue weighted by Crippen LogP contribution is 2.25. The molecule has 0 fully saturated rings. The van der Waals surface area contributed by atoms with Crippen molar-refractivity contribution < 1.29 is 14.6 Å². The van der Waals surface area contributed by atoms with E-state index in [1.165, 1.54) is 5.56 Å². The highest BCUT2D eigenvalue weighted by molar-refractivity contribution is 5.81.